The van der Waals surface area contributed by atoms with Crippen molar-refractivity contribution in [1.29, 1.82) is 0 Å². The molecule has 0 bridgehead atoms. The predicted octanol–water partition coefficient (Wildman–Crippen LogP) is 6.31. The van der Waals surface area contributed by atoms with E-state index in [0.717, 1.165) is 39.2 Å². The Labute approximate surface area is 144 Å². The largest absolute Gasteiger partial charge is 0.496 e. The monoisotopic (exact) mass is 324 g/mol. The second-order valence-corrected chi connectivity index (χ2v) is 6.42. The molecule has 1 nitrogen and oxygen atoms in total. The summed E-state index contributed by atoms with van der Waals surface area (Å²) in [6.45, 7) is 10.0. The van der Waals surface area contributed by atoms with Crippen LogP contribution < -0.4 is 0 Å². The van der Waals surface area contributed by atoms with Gasteiger partial charge in [0.15, 0.2) is 0 Å². The van der Waals surface area contributed by atoms with Crippen molar-refractivity contribution in [1.82, 2.24) is 0 Å². The highest BCUT2D eigenvalue weighted by atomic mass is 19.1. The molecule has 0 spiro atoms. The third-order valence-electron chi connectivity index (χ3n) is 4.08. The summed E-state index contributed by atoms with van der Waals surface area (Å²) in [5.41, 5.74) is 7.10. The van der Waals surface area contributed by atoms with Gasteiger partial charge in [-0.15, -0.1) is 0 Å². The molecule has 0 atom stereocenters. The standard InChI is InChI=1S/C22H25FO/c1-14(2)22(24-6)21(19-11-16(4)12-20(23)13-19)17(5)18-9-7-15(3)8-10-18/h7-13H,1-6H3/b21-17+. The van der Waals surface area contributed by atoms with Gasteiger partial charge in [0.25, 0.3) is 0 Å². The zero-order chi connectivity index (χ0) is 17.9. The summed E-state index contributed by atoms with van der Waals surface area (Å²) in [5, 5.41) is 0. The van der Waals surface area contributed by atoms with Crippen LogP contribution in [0.4, 0.5) is 4.39 Å². The molecule has 0 aliphatic rings. The predicted molar refractivity (Wildman–Crippen MR) is 100 cm³/mol. The summed E-state index contributed by atoms with van der Waals surface area (Å²) >= 11 is 0. The number of hydrogen-bond acceptors (Lipinski definition) is 1. The minimum Gasteiger partial charge on any atom is -0.496 e. The fourth-order valence-electron chi connectivity index (χ4n) is 2.90. The quantitative estimate of drug-likeness (QED) is 0.363. The van der Waals surface area contributed by atoms with Crippen LogP contribution in [0.25, 0.3) is 11.1 Å². The number of hydrogen-bond donors (Lipinski definition) is 0. The Morgan fingerprint density at radius 2 is 1.46 bits per heavy atom. The first-order chi connectivity index (χ1) is 11.3. The summed E-state index contributed by atoms with van der Waals surface area (Å²) in [4.78, 5) is 0. The normalized spacial score (nSPS) is 11.8. The van der Waals surface area contributed by atoms with Crippen molar-refractivity contribution in [2.75, 3.05) is 7.11 Å². The number of ether oxygens (including phenoxy) is 1. The van der Waals surface area contributed by atoms with Crippen molar-refractivity contribution in [3.05, 3.63) is 81.9 Å². The fraction of sp³-hybridized carbons (Fsp3) is 0.273. The topological polar surface area (TPSA) is 9.23 Å². The number of aryl methyl sites for hydroxylation is 2. The zero-order valence-electron chi connectivity index (χ0n) is 15.3. The Bertz CT molecular complexity index is 771. The van der Waals surface area contributed by atoms with Crippen molar-refractivity contribution in [2.45, 2.75) is 34.6 Å². The first-order valence-electron chi connectivity index (χ1n) is 8.10. The van der Waals surface area contributed by atoms with Gasteiger partial charge >= 0.3 is 0 Å². The van der Waals surface area contributed by atoms with Crippen molar-refractivity contribution in [3.63, 3.8) is 0 Å². The van der Waals surface area contributed by atoms with Gasteiger partial charge in [-0.3, -0.25) is 0 Å². The lowest BCUT2D eigenvalue weighted by atomic mass is 9.91. The van der Waals surface area contributed by atoms with E-state index in [1.165, 1.54) is 11.6 Å². The van der Waals surface area contributed by atoms with E-state index < -0.39 is 0 Å². The number of allylic oxidation sites excluding steroid dienone is 3. The van der Waals surface area contributed by atoms with Gasteiger partial charge in [-0.25, -0.2) is 4.39 Å². The van der Waals surface area contributed by atoms with E-state index in [4.69, 9.17) is 4.74 Å². The Kier molecular flexibility index (Phi) is 5.61. The minimum atomic E-state index is -0.233. The molecule has 2 aromatic carbocycles. The van der Waals surface area contributed by atoms with Gasteiger partial charge in [0.1, 0.15) is 11.6 Å². The smallest absolute Gasteiger partial charge is 0.125 e. The van der Waals surface area contributed by atoms with Crippen molar-refractivity contribution < 1.29 is 9.13 Å². The van der Waals surface area contributed by atoms with Crippen molar-refractivity contribution in [2.24, 2.45) is 0 Å². The number of methoxy groups -OCH3 is 1. The fourth-order valence-corrected chi connectivity index (χ4v) is 2.90. The number of halogens is 1. The van der Waals surface area contributed by atoms with Crippen molar-refractivity contribution in [3.8, 4) is 0 Å². The third-order valence-corrected chi connectivity index (χ3v) is 4.08. The SMILES string of the molecule is COC(=C(C)C)/C(=C(\C)c1ccc(C)cc1)c1cc(C)cc(F)c1. The highest BCUT2D eigenvalue weighted by Crippen LogP contribution is 2.34. The Hall–Kier alpha value is -2.35. The summed E-state index contributed by atoms with van der Waals surface area (Å²) in [7, 11) is 1.66. The molecule has 2 rings (SSSR count). The molecule has 0 aliphatic heterocycles. The Balaban J connectivity index is 2.78. The summed E-state index contributed by atoms with van der Waals surface area (Å²) in [5.74, 6) is 0.557. The molecule has 0 aliphatic carbocycles. The lowest BCUT2D eigenvalue weighted by Gasteiger charge is -2.18. The van der Waals surface area contributed by atoms with Gasteiger partial charge < -0.3 is 4.74 Å². The molecular formula is C22H25FO. The molecule has 0 N–H and O–H groups in total. The first-order valence-corrected chi connectivity index (χ1v) is 8.10. The number of benzene rings is 2. The molecule has 2 heteroatoms. The van der Waals surface area contributed by atoms with Gasteiger partial charge in [-0.2, -0.15) is 0 Å². The molecule has 0 aromatic heterocycles. The molecule has 0 heterocycles. The van der Waals surface area contributed by atoms with E-state index in [2.05, 4.69) is 38.1 Å². The van der Waals surface area contributed by atoms with E-state index in [1.807, 2.05) is 26.8 Å². The van der Waals surface area contributed by atoms with Gasteiger partial charge in [0, 0.05) is 5.57 Å². The second-order valence-electron chi connectivity index (χ2n) is 6.42. The minimum absolute atomic E-state index is 0.233. The lowest BCUT2D eigenvalue weighted by Crippen LogP contribution is -2.00. The molecular weight excluding hydrogens is 299 g/mol. The number of rotatable bonds is 4. The molecule has 0 amide bonds. The first kappa shape index (κ1) is 18.0. The molecule has 2 aromatic rings. The average molecular weight is 324 g/mol. The van der Waals surface area contributed by atoms with Gasteiger partial charge in [0.05, 0.1) is 7.11 Å². The van der Waals surface area contributed by atoms with E-state index in [0.29, 0.717) is 0 Å². The Morgan fingerprint density at radius 1 is 0.833 bits per heavy atom. The van der Waals surface area contributed by atoms with Gasteiger partial charge in [-0.05, 0) is 74.6 Å². The molecule has 0 radical (unpaired) electrons. The van der Waals surface area contributed by atoms with E-state index in [9.17, 15) is 4.39 Å². The van der Waals surface area contributed by atoms with Crippen LogP contribution >= 0.6 is 0 Å². The molecule has 24 heavy (non-hydrogen) atoms. The Morgan fingerprint density at radius 3 is 1.96 bits per heavy atom. The van der Waals surface area contributed by atoms with E-state index in [1.54, 1.807) is 13.2 Å². The lowest BCUT2D eigenvalue weighted by molar-refractivity contribution is 0.306. The average Bonchev–Trinajstić information content (AvgIpc) is 2.51. The highest BCUT2D eigenvalue weighted by Gasteiger charge is 2.16. The van der Waals surface area contributed by atoms with Crippen LogP contribution in [-0.4, -0.2) is 7.11 Å². The van der Waals surface area contributed by atoms with Crippen molar-refractivity contribution >= 4 is 11.1 Å². The molecule has 0 saturated heterocycles. The highest BCUT2D eigenvalue weighted by molar-refractivity contribution is 5.97. The van der Waals surface area contributed by atoms with Gasteiger partial charge in [-0.1, -0.05) is 35.9 Å². The van der Waals surface area contributed by atoms with Crippen LogP contribution in [0, 0.1) is 19.7 Å². The van der Waals surface area contributed by atoms with Crippen LogP contribution in [0.5, 0.6) is 0 Å². The third kappa shape index (κ3) is 3.94. The van der Waals surface area contributed by atoms with Crippen LogP contribution in [0.2, 0.25) is 0 Å². The summed E-state index contributed by atoms with van der Waals surface area (Å²) < 4.78 is 19.7. The van der Waals surface area contributed by atoms with E-state index in [-0.39, 0.29) is 5.82 Å². The maximum absolute atomic E-state index is 14.0. The molecule has 0 unspecified atom stereocenters. The summed E-state index contributed by atoms with van der Waals surface area (Å²) in [6, 6.07) is 13.5. The molecule has 126 valence electrons. The maximum atomic E-state index is 14.0. The molecule has 0 fully saturated rings. The van der Waals surface area contributed by atoms with Crippen LogP contribution in [0.1, 0.15) is 43.0 Å². The van der Waals surface area contributed by atoms with E-state index >= 15 is 0 Å². The van der Waals surface area contributed by atoms with Crippen LogP contribution in [0.3, 0.4) is 0 Å². The summed E-state index contributed by atoms with van der Waals surface area (Å²) in [6.07, 6.45) is 0. The second kappa shape index (κ2) is 7.48. The van der Waals surface area contributed by atoms with Crippen LogP contribution in [-0.2, 0) is 4.74 Å². The maximum Gasteiger partial charge on any atom is 0.125 e. The zero-order valence-corrected chi connectivity index (χ0v) is 15.3. The van der Waals surface area contributed by atoms with Crippen LogP contribution in [0.15, 0.2) is 53.8 Å². The molecule has 0 saturated carbocycles. The van der Waals surface area contributed by atoms with Gasteiger partial charge in [0.2, 0.25) is 0 Å².